The summed E-state index contributed by atoms with van der Waals surface area (Å²) in [5.41, 5.74) is 1.75. The molecular formula is C14H17F2NO. The highest BCUT2D eigenvalue weighted by atomic mass is 19.3. The number of hydrogen-bond donors (Lipinski definition) is 1. The first kappa shape index (κ1) is 14.6. The molecule has 0 unspecified atom stereocenters. The summed E-state index contributed by atoms with van der Waals surface area (Å²) in [6.07, 6.45) is -1.91. The topological polar surface area (TPSA) is 23.5 Å². The molecule has 2 nitrogen and oxygen atoms in total. The van der Waals surface area contributed by atoms with Gasteiger partial charge in [0.25, 0.3) is 6.43 Å². The molecule has 98 valence electrons. The second-order valence-electron chi connectivity index (χ2n) is 4.02. The van der Waals surface area contributed by atoms with Crippen LogP contribution in [0.15, 0.2) is 24.3 Å². The molecule has 1 aromatic rings. The van der Waals surface area contributed by atoms with Gasteiger partial charge in [0, 0.05) is 18.5 Å². The lowest BCUT2D eigenvalue weighted by Crippen LogP contribution is -2.24. The number of aliphatic hydroxyl groups is 1. The Balaban J connectivity index is 2.73. The summed E-state index contributed by atoms with van der Waals surface area (Å²) in [4.78, 5) is 1.57. The van der Waals surface area contributed by atoms with E-state index in [1.54, 1.807) is 11.9 Å². The summed E-state index contributed by atoms with van der Waals surface area (Å²) in [5, 5.41) is 8.66. The number of halogens is 2. The molecule has 0 radical (unpaired) electrons. The van der Waals surface area contributed by atoms with Gasteiger partial charge in [-0.2, -0.15) is 0 Å². The lowest BCUT2D eigenvalue weighted by atomic mass is 10.1. The zero-order valence-corrected chi connectivity index (χ0v) is 10.4. The zero-order chi connectivity index (χ0) is 13.4. The van der Waals surface area contributed by atoms with Crippen LogP contribution in [0.3, 0.4) is 0 Å². The van der Waals surface area contributed by atoms with E-state index in [1.165, 1.54) is 0 Å². The molecule has 0 aliphatic heterocycles. The van der Waals surface area contributed by atoms with Crippen molar-refractivity contribution < 1.29 is 13.9 Å². The van der Waals surface area contributed by atoms with E-state index in [1.807, 2.05) is 24.3 Å². The summed E-state index contributed by atoms with van der Waals surface area (Å²) in [6, 6.07) is 7.46. The second kappa shape index (κ2) is 7.80. The van der Waals surface area contributed by atoms with Crippen LogP contribution < -0.4 is 0 Å². The normalized spacial score (nSPS) is 10.6. The summed E-state index contributed by atoms with van der Waals surface area (Å²) < 4.78 is 24.5. The predicted octanol–water partition coefficient (Wildman–Crippen LogP) is 2.12. The molecule has 0 spiro atoms. The maximum absolute atomic E-state index is 12.2. The van der Waals surface area contributed by atoms with E-state index in [0.717, 1.165) is 11.1 Å². The molecule has 0 aliphatic rings. The highest BCUT2D eigenvalue weighted by Crippen LogP contribution is 2.10. The van der Waals surface area contributed by atoms with Gasteiger partial charge in [-0.25, -0.2) is 8.78 Å². The number of nitrogens with zero attached hydrogens (tertiary/aromatic N) is 1. The Hall–Kier alpha value is -1.44. The van der Waals surface area contributed by atoms with E-state index in [4.69, 9.17) is 5.11 Å². The van der Waals surface area contributed by atoms with Gasteiger partial charge in [-0.15, -0.1) is 0 Å². The third-order valence-electron chi connectivity index (χ3n) is 2.37. The quantitative estimate of drug-likeness (QED) is 0.812. The Bertz CT molecular complexity index is 423. The molecule has 1 N–H and O–H groups in total. The van der Waals surface area contributed by atoms with Gasteiger partial charge < -0.3 is 5.11 Å². The molecule has 0 fully saturated rings. The smallest absolute Gasteiger partial charge is 0.251 e. The third-order valence-corrected chi connectivity index (χ3v) is 2.37. The van der Waals surface area contributed by atoms with Crippen LogP contribution in [0.25, 0.3) is 0 Å². The molecule has 0 bridgehead atoms. The van der Waals surface area contributed by atoms with Gasteiger partial charge in [-0.05, 0) is 18.7 Å². The van der Waals surface area contributed by atoms with Gasteiger partial charge in [-0.3, -0.25) is 4.90 Å². The number of alkyl halides is 2. The molecule has 1 aromatic carbocycles. The minimum absolute atomic E-state index is 0.0282. The minimum Gasteiger partial charge on any atom is -0.395 e. The Morgan fingerprint density at radius 3 is 2.72 bits per heavy atom. The summed E-state index contributed by atoms with van der Waals surface area (Å²) in [7, 11) is 1.66. The van der Waals surface area contributed by atoms with E-state index >= 15 is 0 Å². The summed E-state index contributed by atoms with van der Waals surface area (Å²) >= 11 is 0. The lowest BCUT2D eigenvalue weighted by molar-refractivity contribution is 0.0975. The van der Waals surface area contributed by atoms with Gasteiger partial charge in [0.05, 0.1) is 13.2 Å². The number of benzene rings is 1. The van der Waals surface area contributed by atoms with Crippen molar-refractivity contribution in [1.82, 2.24) is 4.90 Å². The molecule has 0 amide bonds. The number of rotatable bonds is 5. The standard InChI is InChI=1S/C14H17F2NO/c1-17(11-14(15)16)10-13-8-3-2-6-12(13)7-4-5-9-18/h2-3,6,8,14,18H,5,9-11H2,1H3. The van der Waals surface area contributed by atoms with Crippen molar-refractivity contribution in [1.29, 1.82) is 0 Å². The van der Waals surface area contributed by atoms with Crippen LogP contribution in [-0.4, -0.2) is 36.6 Å². The molecule has 4 heteroatoms. The molecule has 0 saturated heterocycles. The predicted molar refractivity (Wildman–Crippen MR) is 67.4 cm³/mol. The van der Waals surface area contributed by atoms with E-state index in [0.29, 0.717) is 13.0 Å². The first-order valence-corrected chi connectivity index (χ1v) is 5.78. The fraction of sp³-hybridized carbons (Fsp3) is 0.429. The van der Waals surface area contributed by atoms with E-state index in [-0.39, 0.29) is 13.2 Å². The Kier molecular flexibility index (Phi) is 6.34. The van der Waals surface area contributed by atoms with E-state index in [9.17, 15) is 8.78 Å². The van der Waals surface area contributed by atoms with Crippen molar-refractivity contribution in [3.05, 3.63) is 35.4 Å². The second-order valence-corrected chi connectivity index (χ2v) is 4.02. The highest BCUT2D eigenvalue weighted by Gasteiger charge is 2.09. The number of hydrogen-bond acceptors (Lipinski definition) is 2. The summed E-state index contributed by atoms with van der Waals surface area (Å²) in [6.45, 7) is 0.215. The molecule has 0 aromatic heterocycles. The molecule has 0 heterocycles. The lowest BCUT2D eigenvalue weighted by Gasteiger charge is -2.16. The molecular weight excluding hydrogens is 236 g/mol. The van der Waals surface area contributed by atoms with Gasteiger partial charge in [-0.1, -0.05) is 30.0 Å². The van der Waals surface area contributed by atoms with Crippen LogP contribution in [0.4, 0.5) is 8.78 Å². The van der Waals surface area contributed by atoms with E-state index in [2.05, 4.69) is 11.8 Å². The number of aliphatic hydroxyl groups excluding tert-OH is 1. The third kappa shape index (κ3) is 5.26. The molecule has 1 rings (SSSR count). The van der Waals surface area contributed by atoms with Crippen LogP contribution in [0.5, 0.6) is 0 Å². The van der Waals surface area contributed by atoms with Crippen molar-refractivity contribution in [2.75, 3.05) is 20.2 Å². The van der Waals surface area contributed by atoms with Gasteiger partial charge in [0.1, 0.15) is 0 Å². The fourth-order valence-electron chi connectivity index (χ4n) is 1.58. The molecule has 0 saturated carbocycles. The van der Waals surface area contributed by atoms with Crippen molar-refractivity contribution in [2.45, 2.75) is 19.4 Å². The average molecular weight is 253 g/mol. The van der Waals surface area contributed by atoms with Gasteiger partial charge >= 0.3 is 0 Å². The van der Waals surface area contributed by atoms with Crippen LogP contribution in [0, 0.1) is 11.8 Å². The van der Waals surface area contributed by atoms with Gasteiger partial charge in [0.15, 0.2) is 0 Å². The largest absolute Gasteiger partial charge is 0.395 e. The minimum atomic E-state index is -2.33. The van der Waals surface area contributed by atoms with Crippen molar-refractivity contribution >= 4 is 0 Å². The maximum atomic E-state index is 12.2. The van der Waals surface area contributed by atoms with Crippen LogP contribution in [0.1, 0.15) is 17.5 Å². The molecule has 0 atom stereocenters. The SMILES string of the molecule is CN(Cc1ccccc1C#CCCO)CC(F)F. The van der Waals surface area contributed by atoms with Crippen LogP contribution in [0.2, 0.25) is 0 Å². The molecule has 18 heavy (non-hydrogen) atoms. The van der Waals surface area contributed by atoms with Crippen LogP contribution in [-0.2, 0) is 6.54 Å². The Morgan fingerprint density at radius 1 is 1.33 bits per heavy atom. The van der Waals surface area contributed by atoms with E-state index < -0.39 is 6.43 Å². The average Bonchev–Trinajstić information content (AvgIpc) is 2.30. The van der Waals surface area contributed by atoms with Crippen molar-refractivity contribution in [3.8, 4) is 11.8 Å². The molecule has 0 aliphatic carbocycles. The van der Waals surface area contributed by atoms with Crippen molar-refractivity contribution in [3.63, 3.8) is 0 Å². The highest BCUT2D eigenvalue weighted by molar-refractivity contribution is 5.41. The van der Waals surface area contributed by atoms with Crippen molar-refractivity contribution in [2.24, 2.45) is 0 Å². The monoisotopic (exact) mass is 253 g/mol. The Labute approximate surface area is 106 Å². The zero-order valence-electron chi connectivity index (χ0n) is 10.4. The maximum Gasteiger partial charge on any atom is 0.251 e. The fourth-order valence-corrected chi connectivity index (χ4v) is 1.58. The van der Waals surface area contributed by atoms with Crippen LogP contribution >= 0.6 is 0 Å². The summed E-state index contributed by atoms with van der Waals surface area (Å²) in [5.74, 6) is 5.79. The first-order chi connectivity index (χ1) is 8.63. The Morgan fingerprint density at radius 2 is 2.06 bits per heavy atom. The first-order valence-electron chi connectivity index (χ1n) is 5.78. The van der Waals surface area contributed by atoms with Gasteiger partial charge in [0.2, 0.25) is 0 Å².